The van der Waals surface area contributed by atoms with Gasteiger partial charge in [-0.15, -0.1) is 0 Å². The van der Waals surface area contributed by atoms with Crippen molar-refractivity contribution in [3.63, 3.8) is 0 Å². The van der Waals surface area contributed by atoms with E-state index in [1.165, 1.54) is 0 Å². The van der Waals surface area contributed by atoms with E-state index in [9.17, 15) is 26.0 Å². The van der Waals surface area contributed by atoms with Crippen molar-refractivity contribution in [3.8, 4) is 0 Å². The number of anilines is 1. The number of sulfonamides is 1. The van der Waals surface area contributed by atoms with Gasteiger partial charge in [0.25, 0.3) is 10.0 Å². The Morgan fingerprint density at radius 1 is 1.04 bits per heavy atom. The molecule has 0 aliphatic rings. The molecule has 0 amide bonds. The average molecular weight is 368 g/mol. The van der Waals surface area contributed by atoms with Gasteiger partial charge in [-0.05, 0) is 42.5 Å². The highest BCUT2D eigenvalue weighted by Crippen LogP contribution is 2.37. The predicted octanol–water partition coefficient (Wildman–Crippen LogP) is 4.32. The summed E-state index contributed by atoms with van der Waals surface area (Å²) in [5.41, 5.74) is -1.36. The SMILES string of the molecule is CN(c1ccc(Cl)c(C(F)(F)F)c1)S(=O)(=O)c1ccc(F)cc1. The molecule has 2 aromatic carbocycles. The number of nitrogens with zero attached hydrogens (tertiary/aromatic N) is 1. The van der Waals surface area contributed by atoms with E-state index in [-0.39, 0.29) is 10.6 Å². The second-order valence-electron chi connectivity index (χ2n) is 4.59. The molecule has 0 aromatic heterocycles. The molecule has 0 aliphatic heterocycles. The van der Waals surface area contributed by atoms with Gasteiger partial charge in [-0.3, -0.25) is 4.31 Å². The summed E-state index contributed by atoms with van der Waals surface area (Å²) in [6.07, 6.45) is -4.71. The smallest absolute Gasteiger partial charge is 0.269 e. The Labute approximate surface area is 135 Å². The van der Waals surface area contributed by atoms with E-state index in [1.807, 2.05) is 0 Å². The molecule has 0 radical (unpaired) electrons. The van der Waals surface area contributed by atoms with E-state index < -0.39 is 32.6 Å². The first-order valence-electron chi connectivity index (χ1n) is 6.15. The third-order valence-corrected chi connectivity index (χ3v) is 5.22. The highest BCUT2D eigenvalue weighted by molar-refractivity contribution is 7.92. The molecule has 3 nitrogen and oxygen atoms in total. The Hall–Kier alpha value is -1.80. The van der Waals surface area contributed by atoms with E-state index >= 15 is 0 Å². The number of hydrogen-bond donors (Lipinski definition) is 0. The summed E-state index contributed by atoms with van der Waals surface area (Å²) in [5, 5.41) is -0.533. The molecule has 0 spiro atoms. The molecule has 0 saturated carbocycles. The molecule has 0 heterocycles. The topological polar surface area (TPSA) is 37.4 Å². The fraction of sp³-hybridized carbons (Fsp3) is 0.143. The fourth-order valence-corrected chi connectivity index (χ4v) is 3.24. The van der Waals surface area contributed by atoms with Gasteiger partial charge >= 0.3 is 6.18 Å². The van der Waals surface area contributed by atoms with Crippen molar-refractivity contribution in [1.82, 2.24) is 0 Å². The van der Waals surface area contributed by atoms with Crippen molar-refractivity contribution >= 4 is 27.3 Å². The lowest BCUT2D eigenvalue weighted by Gasteiger charge is -2.21. The lowest BCUT2D eigenvalue weighted by atomic mass is 10.2. The first-order chi connectivity index (χ1) is 10.5. The van der Waals surface area contributed by atoms with Crippen LogP contribution in [-0.4, -0.2) is 15.5 Å². The van der Waals surface area contributed by atoms with Crippen LogP contribution in [0.15, 0.2) is 47.4 Å². The van der Waals surface area contributed by atoms with Gasteiger partial charge in [0.05, 0.1) is 21.2 Å². The van der Waals surface area contributed by atoms with Gasteiger partial charge in [-0.2, -0.15) is 13.2 Å². The summed E-state index contributed by atoms with van der Waals surface area (Å²) in [6, 6.07) is 6.72. The number of alkyl halides is 3. The third kappa shape index (κ3) is 3.59. The fourth-order valence-electron chi connectivity index (χ4n) is 1.83. The first kappa shape index (κ1) is 17.6. The monoisotopic (exact) mass is 367 g/mol. The minimum Gasteiger partial charge on any atom is -0.269 e. The molecule has 2 aromatic rings. The van der Waals surface area contributed by atoms with Crippen molar-refractivity contribution < 1.29 is 26.0 Å². The minimum absolute atomic E-state index is 0.217. The quantitative estimate of drug-likeness (QED) is 0.757. The molecular formula is C14H10ClF4NO2S. The summed E-state index contributed by atoms with van der Waals surface area (Å²) < 4.78 is 76.9. The summed E-state index contributed by atoms with van der Waals surface area (Å²) in [6.45, 7) is 0. The van der Waals surface area contributed by atoms with Crippen molar-refractivity contribution in [2.45, 2.75) is 11.1 Å². The molecule has 0 unspecified atom stereocenters. The first-order valence-corrected chi connectivity index (χ1v) is 7.96. The highest BCUT2D eigenvalue weighted by Gasteiger charge is 2.34. The van der Waals surface area contributed by atoms with Gasteiger partial charge in [0.2, 0.25) is 0 Å². The molecule has 23 heavy (non-hydrogen) atoms. The molecule has 9 heteroatoms. The summed E-state index contributed by atoms with van der Waals surface area (Å²) >= 11 is 5.50. The molecule has 2 rings (SSSR count). The Balaban J connectivity index is 2.48. The molecule has 0 bridgehead atoms. The van der Waals surface area contributed by atoms with E-state index in [0.29, 0.717) is 10.4 Å². The van der Waals surface area contributed by atoms with E-state index in [1.54, 1.807) is 0 Å². The Morgan fingerprint density at radius 2 is 1.61 bits per heavy atom. The second kappa shape index (κ2) is 6.01. The average Bonchev–Trinajstić information content (AvgIpc) is 2.46. The Kier molecular flexibility index (Phi) is 4.59. The van der Waals surface area contributed by atoms with Crippen LogP contribution < -0.4 is 4.31 Å². The van der Waals surface area contributed by atoms with Crippen molar-refractivity contribution in [2.75, 3.05) is 11.4 Å². The largest absolute Gasteiger partial charge is 0.417 e. The van der Waals surface area contributed by atoms with Crippen LogP contribution in [0.25, 0.3) is 0 Å². The van der Waals surface area contributed by atoms with Gasteiger partial charge in [-0.25, -0.2) is 12.8 Å². The normalized spacial score (nSPS) is 12.3. The molecular weight excluding hydrogens is 358 g/mol. The van der Waals surface area contributed by atoms with Crippen molar-refractivity contribution in [1.29, 1.82) is 0 Å². The zero-order valence-corrected chi connectivity index (χ0v) is 13.2. The maximum absolute atomic E-state index is 12.9. The van der Waals surface area contributed by atoms with Gasteiger partial charge < -0.3 is 0 Å². The van der Waals surface area contributed by atoms with Crippen LogP contribution in [0.4, 0.5) is 23.2 Å². The lowest BCUT2D eigenvalue weighted by Crippen LogP contribution is -2.27. The highest BCUT2D eigenvalue weighted by atomic mass is 35.5. The second-order valence-corrected chi connectivity index (χ2v) is 6.96. The van der Waals surface area contributed by atoms with Crippen LogP contribution in [0.1, 0.15) is 5.56 Å². The molecule has 0 atom stereocenters. The van der Waals surface area contributed by atoms with E-state index in [2.05, 4.69) is 0 Å². The van der Waals surface area contributed by atoms with Gasteiger partial charge in [0.15, 0.2) is 0 Å². The van der Waals surface area contributed by atoms with Gasteiger partial charge in [0.1, 0.15) is 5.82 Å². The Bertz CT molecular complexity index is 820. The van der Waals surface area contributed by atoms with Crippen molar-refractivity contribution in [3.05, 3.63) is 58.9 Å². The van der Waals surface area contributed by atoms with E-state index in [4.69, 9.17) is 11.6 Å². The maximum atomic E-state index is 12.9. The zero-order valence-electron chi connectivity index (χ0n) is 11.6. The van der Waals surface area contributed by atoms with Crippen LogP contribution in [-0.2, 0) is 16.2 Å². The predicted molar refractivity (Wildman–Crippen MR) is 78.4 cm³/mol. The standard InChI is InChI=1S/C14H10ClF4NO2S/c1-20(23(21,22)11-5-2-9(16)3-6-11)10-4-7-13(15)12(8-10)14(17,18)19/h2-8H,1H3. The third-order valence-electron chi connectivity index (χ3n) is 3.09. The molecule has 0 fully saturated rings. The zero-order chi connectivity index (χ0) is 17.4. The van der Waals surface area contributed by atoms with Crippen LogP contribution in [0.3, 0.4) is 0 Å². The van der Waals surface area contributed by atoms with Crippen LogP contribution in [0.5, 0.6) is 0 Å². The summed E-state index contributed by atoms with van der Waals surface area (Å²) in [4.78, 5) is -0.245. The van der Waals surface area contributed by atoms with Crippen LogP contribution in [0, 0.1) is 5.82 Å². The van der Waals surface area contributed by atoms with Crippen LogP contribution >= 0.6 is 11.6 Å². The Morgan fingerprint density at radius 3 is 2.13 bits per heavy atom. The number of rotatable bonds is 3. The minimum atomic E-state index is -4.71. The molecule has 0 aliphatic carbocycles. The van der Waals surface area contributed by atoms with Gasteiger partial charge in [-0.1, -0.05) is 11.6 Å². The number of benzene rings is 2. The summed E-state index contributed by atoms with van der Waals surface area (Å²) in [5.74, 6) is -0.627. The summed E-state index contributed by atoms with van der Waals surface area (Å²) in [7, 11) is -3.03. The lowest BCUT2D eigenvalue weighted by molar-refractivity contribution is -0.137. The molecule has 124 valence electrons. The van der Waals surface area contributed by atoms with Gasteiger partial charge in [0, 0.05) is 7.05 Å². The molecule has 0 N–H and O–H groups in total. The maximum Gasteiger partial charge on any atom is 0.417 e. The molecule has 0 saturated heterocycles. The number of halogens is 5. The van der Waals surface area contributed by atoms with Crippen molar-refractivity contribution in [2.24, 2.45) is 0 Å². The number of hydrogen-bond acceptors (Lipinski definition) is 2. The van der Waals surface area contributed by atoms with E-state index in [0.717, 1.165) is 43.4 Å². The van der Waals surface area contributed by atoms with Crippen LogP contribution in [0.2, 0.25) is 5.02 Å².